The number of aromatic nitrogens is 2. The summed E-state index contributed by atoms with van der Waals surface area (Å²) in [5.74, 6) is 2.18. The zero-order valence-corrected chi connectivity index (χ0v) is 11.7. The van der Waals surface area contributed by atoms with E-state index in [1.165, 1.54) is 19.3 Å². The molecule has 19 heavy (non-hydrogen) atoms. The number of nitrogens with zero attached hydrogens (tertiary/aromatic N) is 2. The van der Waals surface area contributed by atoms with Gasteiger partial charge in [0.05, 0.1) is 0 Å². The Bertz CT molecular complexity index is 407. The van der Waals surface area contributed by atoms with Gasteiger partial charge in [-0.05, 0) is 58.0 Å². The highest BCUT2D eigenvalue weighted by atomic mass is 16.5. The van der Waals surface area contributed by atoms with Crippen LogP contribution in [0.5, 0.6) is 0 Å². The van der Waals surface area contributed by atoms with E-state index in [4.69, 9.17) is 9.26 Å². The highest BCUT2D eigenvalue weighted by Crippen LogP contribution is 2.40. The van der Waals surface area contributed by atoms with Crippen molar-refractivity contribution in [2.45, 2.75) is 51.0 Å². The first-order valence-corrected chi connectivity index (χ1v) is 7.50. The Balaban J connectivity index is 1.71. The van der Waals surface area contributed by atoms with E-state index in [0.29, 0.717) is 12.5 Å². The van der Waals surface area contributed by atoms with E-state index < -0.39 is 0 Å². The van der Waals surface area contributed by atoms with Crippen molar-refractivity contribution in [1.82, 2.24) is 15.5 Å². The van der Waals surface area contributed by atoms with Crippen LogP contribution in [0, 0.1) is 5.92 Å². The molecule has 3 rings (SSSR count). The lowest BCUT2D eigenvalue weighted by atomic mass is 10.0. The summed E-state index contributed by atoms with van der Waals surface area (Å²) in [5, 5.41) is 7.57. The van der Waals surface area contributed by atoms with Gasteiger partial charge in [-0.2, -0.15) is 4.98 Å². The maximum atomic E-state index is 5.96. The molecule has 0 bridgehead atoms. The van der Waals surface area contributed by atoms with Gasteiger partial charge in [-0.15, -0.1) is 0 Å². The van der Waals surface area contributed by atoms with Crippen molar-refractivity contribution in [3.8, 4) is 0 Å². The summed E-state index contributed by atoms with van der Waals surface area (Å²) in [6, 6.07) is 0. The van der Waals surface area contributed by atoms with E-state index in [9.17, 15) is 0 Å². The Morgan fingerprint density at radius 1 is 1.42 bits per heavy atom. The minimum atomic E-state index is -0.273. The van der Waals surface area contributed by atoms with Crippen LogP contribution in [0.15, 0.2) is 4.52 Å². The maximum absolute atomic E-state index is 5.96. The normalized spacial score (nSPS) is 26.1. The van der Waals surface area contributed by atoms with E-state index in [0.717, 1.165) is 44.1 Å². The summed E-state index contributed by atoms with van der Waals surface area (Å²) in [4.78, 5) is 4.62. The van der Waals surface area contributed by atoms with Gasteiger partial charge in [-0.25, -0.2) is 0 Å². The minimum Gasteiger partial charge on any atom is -0.367 e. The monoisotopic (exact) mass is 265 g/mol. The SMILES string of the molecule is CCOC1(c2noc(CC3CCNC3)n2)CCCC1. The summed E-state index contributed by atoms with van der Waals surface area (Å²) < 4.78 is 11.4. The van der Waals surface area contributed by atoms with Gasteiger partial charge in [0.1, 0.15) is 5.60 Å². The van der Waals surface area contributed by atoms with Crippen molar-refractivity contribution in [1.29, 1.82) is 0 Å². The van der Waals surface area contributed by atoms with Crippen LogP contribution < -0.4 is 5.32 Å². The van der Waals surface area contributed by atoms with Gasteiger partial charge in [-0.1, -0.05) is 5.16 Å². The molecule has 1 N–H and O–H groups in total. The molecule has 1 atom stereocenters. The third kappa shape index (κ3) is 2.67. The molecule has 5 nitrogen and oxygen atoms in total. The Morgan fingerprint density at radius 2 is 2.26 bits per heavy atom. The smallest absolute Gasteiger partial charge is 0.227 e. The van der Waals surface area contributed by atoms with Gasteiger partial charge in [0.2, 0.25) is 11.7 Å². The molecular formula is C14H23N3O2. The van der Waals surface area contributed by atoms with Crippen molar-refractivity contribution in [3.05, 3.63) is 11.7 Å². The van der Waals surface area contributed by atoms with Crippen molar-refractivity contribution in [2.24, 2.45) is 5.92 Å². The van der Waals surface area contributed by atoms with Crippen molar-refractivity contribution in [3.63, 3.8) is 0 Å². The van der Waals surface area contributed by atoms with Crippen molar-refractivity contribution in [2.75, 3.05) is 19.7 Å². The largest absolute Gasteiger partial charge is 0.367 e. The summed E-state index contributed by atoms with van der Waals surface area (Å²) in [7, 11) is 0. The number of hydrogen-bond donors (Lipinski definition) is 1. The molecule has 0 amide bonds. The highest BCUT2D eigenvalue weighted by molar-refractivity contribution is 5.05. The average molecular weight is 265 g/mol. The topological polar surface area (TPSA) is 60.2 Å². The van der Waals surface area contributed by atoms with Gasteiger partial charge in [0.15, 0.2) is 0 Å². The summed E-state index contributed by atoms with van der Waals surface area (Å²) >= 11 is 0. The molecule has 1 saturated heterocycles. The zero-order valence-electron chi connectivity index (χ0n) is 11.7. The molecule has 2 aliphatic rings. The lowest BCUT2D eigenvalue weighted by molar-refractivity contribution is -0.0469. The van der Waals surface area contributed by atoms with E-state index in [2.05, 4.69) is 15.5 Å². The molecule has 1 unspecified atom stereocenters. The second-order valence-corrected chi connectivity index (χ2v) is 5.71. The highest BCUT2D eigenvalue weighted by Gasteiger charge is 2.40. The Labute approximate surface area is 114 Å². The molecule has 0 radical (unpaired) electrons. The van der Waals surface area contributed by atoms with Crippen LogP contribution >= 0.6 is 0 Å². The van der Waals surface area contributed by atoms with E-state index in [1.54, 1.807) is 0 Å². The molecule has 0 spiro atoms. The molecule has 5 heteroatoms. The third-order valence-electron chi connectivity index (χ3n) is 4.33. The second kappa shape index (κ2) is 5.59. The number of ether oxygens (including phenoxy) is 1. The van der Waals surface area contributed by atoms with Crippen molar-refractivity contribution >= 4 is 0 Å². The molecule has 0 aromatic carbocycles. The van der Waals surface area contributed by atoms with Crippen molar-refractivity contribution < 1.29 is 9.26 Å². The molecule has 1 aliphatic heterocycles. The first-order valence-electron chi connectivity index (χ1n) is 7.50. The van der Waals surface area contributed by atoms with Gasteiger partial charge in [-0.3, -0.25) is 0 Å². The van der Waals surface area contributed by atoms with E-state index in [-0.39, 0.29) is 5.60 Å². The fraction of sp³-hybridized carbons (Fsp3) is 0.857. The van der Waals surface area contributed by atoms with Crippen LogP contribution in [0.25, 0.3) is 0 Å². The number of hydrogen-bond acceptors (Lipinski definition) is 5. The molecule has 1 aromatic rings. The molecular weight excluding hydrogens is 242 g/mol. The Hall–Kier alpha value is -0.940. The van der Waals surface area contributed by atoms with Crippen LogP contribution in [0.3, 0.4) is 0 Å². The first-order chi connectivity index (χ1) is 9.32. The van der Waals surface area contributed by atoms with Crippen LogP contribution in [0.2, 0.25) is 0 Å². The molecule has 106 valence electrons. The maximum Gasteiger partial charge on any atom is 0.227 e. The second-order valence-electron chi connectivity index (χ2n) is 5.71. The summed E-state index contributed by atoms with van der Waals surface area (Å²) in [6.45, 7) is 4.91. The lowest BCUT2D eigenvalue weighted by Gasteiger charge is -2.24. The molecule has 2 heterocycles. The Morgan fingerprint density at radius 3 is 2.95 bits per heavy atom. The van der Waals surface area contributed by atoms with E-state index >= 15 is 0 Å². The first kappa shape index (κ1) is 13.1. The summed E-state index contributed by atoms with van der Waals surface area (Å²) in [6.07, 6.45) is 6.51. The van der Waals surface area contributed by atoms with E-state index in [1.807, 2.05) is 6.92 Å². The van der Waals surface area contributed by atoms with Gasteiger partial charge in [0, 0.05) is 13.0 Å². The predicted octanol–water partition coefficient (Wildman–Crippen LogP) is 2.03. The zero-order chi connectivity index (χ0) is 13.1. The molecule has 2 fully saturated rings. The quantitative estimate of drug-likeness (QED) is 0.882. The lowest BCUT2D eigenvalue weighted by Crippen LogP contribution is -2.27. The summed E-state index contributed by atoms with van der Waals surface area (Å²) in [5.41, 5.74) is -0.273. The average Bonchev–Trinajstić information content (AvgIpc) is 3.11. The Kier molecular flexibility index (Phi) is 3.84. The molecule has 1 aromatic heterocycles. The van der Waals surface area contributed by atoms with Gasteiger partial charge >= 0.3 is 0 Å². The fourth-order valence-corrected chi connectivity index (χ4v) is 3.31. The molecule has 1 saturated carbocycles. The number of nitrogens with one attached hydrogen (secondary N) is 1. The number of rotatable bonds is 5. The van der Waals surface area contributed by atoms with Crippen LogP contribution in [0.4, 0.5) is 0 Å². The molecule has 1 aliphatic carbocycles. The van der Waals surface area contributed by atoms with Crippen LogP contribution in [-0.2, 0) is 16.8 Å². The fourth-order valence-electron chi connectivity index (χ4n) is 3.31. The third-order valence-corrected chi connectivity index (χ3v) is 4.33. The van der Waals surface area contributed by atoms with Gasteiger partial charge in [0.25, 0.3) is 0 Å². The standard InChI is InChI=1S/C14H23N3O2/c1-2-18-14(6-3-4-7-14)13-16-12(19-17-13)9-11-5-8-15-10-11/h11,15H,2-10H2,1H3. The van der Waals surface area contributed by atoms with Crippen LogP contribution in [-0.4, -0.2) is 29.8 Å². The minimum absolute atomic E-state index is 0.273. The predicted molar refractivity (Wildman–Crippen MR) is 70.8 cm³/mol. The van der Waals surface area contributed by atoms with Crippen LogP contribution in [0.1, 0.15) is 50.7 Å². The van der Waals surface area contributed by atoms with Gasteiger partial charge < -0.3 is 14.6 Å².